The minimum Gasteiger partial charge on any atom is -0.307 e. The zero-order chi connectivity index (χ0) is 14.8. The van der Waals surface area contributed by atoms with Crippen molar-refractivity contribution in [1.29, 1.82) is 0 Å². The highest BCUT2D eigenvalue weighted by atomic mass is 19.4. The second-order valence-electron chi connectivity index (χ2n) is 5.18. The first kappa shape index (κ1) is 14.9. The Kier molecular flexibility index (Phi) is 4.33. The molecule has 0 fully saturated rings. The topological polar surface area (TPSA) is 12.0 Å². The first-order valence-corrected chi connectivity index (χ1v) is 6.67. The smallest absolute Gasteiger partial charge is 0.307 e. The summed E-state index contributed by atoms with van der Waals surface area (Å²) < 4.78 is 37.1. The number of alkyl halides is 3. The van der Waals surface area contributed by atoms with E-state index < -0.39 is 18.6 Å². The quantitative estimate of drug-likeness (QED) is 0.846. The Morgan fingerprint density at radius 1 is 1.00 bits per heavy atom. The largest absolute Gasteiger partial charge is 0.390 e. The van der Waals surface area contributed by atoms with Gasteiger partial charge in [0.1, 0.15) is 0 Å². The monoisotopic (exact) mass is 281 g/mol. The van der Waals surface area contributed by atoms with Crippen LogP contribution in [0.1, 0.15) is 31.9 Å². The van der Waals surface area contributed by atoms with Crippen molar-refractivity contribution in [3.63, 3.8) is 0 Å². The predicted molar refractivity (Wildman–Crippen MR) is 75.6 cm³/mol. The average Bonchev–Trinajstić information content (AvgIpc) is 2.35. The fourth-order valence-corrected chi connectivity index (χ4v) is 2.55. The molecule has 0 amide bonds. The molecule has 0 aliphatic carbocycles. The van der Waals surface area contributed by atoms with Gasteiger partial charge in [-0.15, -0.1) is 0 Å². The first-order chi connectivity index (χ1) is 9.37. The van der Waals surface area contributed by atoms with E-state index in [1.54, 1.807) is 6.92 Å². The minimum absolute atomic E-state index is 0.126. The van der Waals surface area contributed by atoms with Crippen LogP contribution in [0.4, 0.5) is 13.2 Å². The van der Waals surface area contributed by atoms with Gasteiger partial charge >= 0.3 is 6.18 Å². The van der Waals surface area contributed by atoms with Crippen molar-refractivity contribution in [2.75, 3.05) is 0 Å². The lowest BCUT2D eigenvalue weighted by atomic mass is 9.99. The molecule has 2 aromatic rings. The van der Waals surface area contributed by atoms with Crippen LogP contribution in [0.2, 0.25) is 0 Å². The van der Waals surface area contributed by atoms with Crippen molar-refractivity contribution in [1.82, 2.24) is 5.32 Å². The Bertz CT molecular complexity index is 572. The van der Waals surface area contributed by atoms with Gasteiger partial charge in [-0.25, -0.2) is 0 Å². The maximum absolute atomic E-state index is 12.4. The van der Waals surface area contributed by atoms with E-state index in [0.29, 0.717) is 0 Å². The van der Waals surface area contributed by atoms with Crippen LogP contribution in [0, 0.1) is 0 Å². The van der Waals surface area contributed by atoms with Crippen molar-refractivity contribution in [3.8, 4) is 0 Å². The normalized spacial score (nSPS) is 15.2. The molecule has 2 aromatic carbocycles. The van der Waals surface area contributed by atoms with E-state index in [1.807, 2.05) is 49.4 Å². The maximum atomic E-state index is 12.4. The molecule has 0 aromatic heterocycles. The molecule has 108 valence electrons. The summed E-state index contributed by atoms with van der Waals surface area (Å²) in [6.07, 6.45) is -4.95. The van der Waals surface area contributed by atoms with Gasteiger partial charge in [0, 0.05) is 12.1 Å². The van der Waals surface area contributed by atoms with Crippen LogP contribution in [0.15, 0.2) is 42.5 Å². The predicted octanol–water partition coefficient (Wildman–Crippen LogP) is 4.83. The second-order valence-corrected chi connectivity index (χ2v) is 5.18. The summed E-state index contributed by atoms with van der Waals surface area (Å²) in [6.45, 7) is 3.46. The van der Waals surface area contributed by atoms with E-state index in [2.05, 4.69) is 5.32 Å². The third-order valence-corrected chi connectivity index (χ3v) is 3.36. The van der Waals surface area contributed by atoms with Crippen LogP contribution >= 0.6 is 0 Å². The lowest BCUT2D eigenvalue weighted by Crippen LogP contribution is -2.33. The molecule has 0 aliphatic rings. The summed E-state index contributed by atoms with van der Waals surface area (Å²) >= 11 is 0. The lowest BCUT2D eigenvalue weighted by molar-refractivity contribution is -0.139. The Balaban J connectivity index is 2.17. The van der Waals surface area contributed by atoms with E-state index in [0.717, 1.165) is 16.3 Å². The molecule has 1 nitrogen and oxygen atoms in total. The molecule has 0 heterocycles. The maximum Gasteiger partial charge on any atom is 0.390 e. The van der Waals surface area contributed by atoms with E-state index in [4.69, 9.17) is 0 Å². The molecule has 0 aliphatic heterocycles. The fourth-order valence-electron chi connectivity index (χ4n) is 2.55. The first-order valence-electron chi connectivity index (χ1n) is 6.67. The van der Waals surface area contributed by atoms with Crippen molar-refractivity contribution in [2.24, 2.45) is 0 Å². The average molecular weight is 281 g/mol. The number of halogens is 3. The Morgan fingerprint density at radius 2 is 1.65 bits per heavy atom. The Labute approximate surface area is 116 Å². The highest BCUT2D eigenvalue weighted by Crippen LogP contribution is 2.26. The van der Waals surface area contributed by atoms with Crippen LogP contribution in [0.5, 0.6) is 0 Å². The number of hydrogen-bond donors (Lipinski definition) is 1. The van der Waals surface area contributed by atoms with Gasteiger partial charge in [-0.1, -0.05) is 42.5 Å². The molecule has 2 rings (SSSR count). The van der Waals surface area contributed by atoms with Crippen molar-refractivity contribution >= 4 is 10.8 Å². The number of benzene rings is 2. The standard InChI is InChI=1S/C16H18F3N/c1-11(10-16(17,18)19)20-12(2)14-9-5-7-13-6-3-4-8-15(13)14/h3-9,11-12,20H,10H2,1-2H3. The summed E-state index contributed by atoms with van der Waals surface area (Å²) in [5, 5.41) is 5.20. The Morgan fingerprint density at radius 3 is 2.35 bits per heavy atom. The third kappa shape index (κ3) is 3.73. The van der Waals surface area contributed by atoms with Gasteiger partial charge in [0.2, 0.25) is 0 Å². The van der Waals surface area contributed by atoms with Crippen LogP contribution in [-0.2, 0) is 0 Å². The molecular formula is C16H18F3N. The molecule has 20 heavy (non-hydrogen) atoms. The van der Waals surface area contributed by atoms with Gasteiger partial charge in [0.25, 0.3) is 0 Å². The number of hydrogen-bond acceptors (Lipinski definition) is 1. The van der Waals surface area contributed by atoms with E-state index in [1.165, 1.54) is 0 Å². The molecule has 1 N–H and O–H groups in total. The van der Waals surface area contributed by atoms with Crippen LogP contribution in [0.25, 0.3) is 10.8 Å². The molecule has 2 unspecified atom stereocenters. The number of fused-ring (bicyclic) bond motifs is 1. The van der Waals surface area contributed by atoms with Crippen molar-refractivity contribution in [2.45, 2.75) is 38.5 Å². The van der Waals surface area contributed by atoms with Crippen molar-refractivity contribution < 1.29 is 13.2 Å². The molecule has 4 heteroatoms. The molecule has 0 saturated heterocycles. The second kappa shape index (κ2) is 5.83. The van der Waals surface area contributed by atoms with Crippen LogP contribution < -0.4 is 5.32 Å². The highest BCUT2D eigenvalue weighted by Gasteiger charge is 2.30. The lowest BCUT2D eigenvalue weighted by Gasteiger charge is -2.22. The van der Waals surface area contributed by atoms with Crippen molar-refractivity contribution in [3.05, 3.63) is 48.0 Å². The molecule has 2 atom stereocenters. The van der Waals surface area contributed by atoms with Gasteiger partial charge in [0.15, 0.2) is 0 Å². The molecule has 0 bridgehead atoms. The molecular weight excluding hydrogens is 263 g/mol. The fraction of sp³-hybridized carbons (Fsp3) is 0.375. The van der Waals surface area contributed by atoms with Gasteiger partial charge in [0.05, 0.1) is 6.42 Å². The summed E-state index contributed by atoms with van der Waals surface area (Å²) in [7, 11) is 0. The van der Waals surface area contributed by atoms with E-state index in [-0.39, 0.29) is 6.04 Å². The Hall–Kier alpha value is -1.55. The van der Waals surface area contributed by atoms with E-state index in [9.17, 15) is 13.2 Å². The summed E-state index contributed by atoms with van der Waals surface area (Å²) in [6, 6.07) is 13.1. The minimum atomic E-state index is -4.13. The summed E-state index contributed by atoms with van der Waals surface area (Å²) in [5.74, 6) is 0. The molecule has 0 radical (unpaired) electrons. The third-order valence-electron chi connectivity index (χ3n) is 3.36. The zero-order valence-corrected chi connectivity index (χ0v) is 11.5. The molecule has 0 saturated carbocycles. The SMILES string of the molecule is CC(CC(F)(F)F)NC(C)c1cccc2ccccc12. The molecule has 0 spiro atoms. The van der Waals surface area contributed by atoms with Gasteiger partial charge < -0.3 is 5.32 Å². The van der Waals surface area contributed by atoms with Gasteiger partial charge in [-0.2, -0.15) is 13.2 Å². The van der Waals surface area contributed by atoms with Gasteiger partial charge in [-0.05, 0) is 30.2 Å². The van der Waals surface area contributed by atoms with Gasteiger partial charge in [-0.3, -0.25) is 0 Å². The highest BCUT2D eigenvalue weighted by molar-refractivity contribution is 5.86. The van der Waals surface area contributed by atoms with Crippen LogP contribution in [-0.4, -0.2) is 12.2 Å². The zero-order valence-electron chi connectivity index (χ0n) is 11.5. The number of nitrogens with one attached hydrogen (secondary N) is 1. The van der Waals surface area contributed by atoms with E-state index >= 15 is 0 Å². The van der Waals surface area contributed by atoms with Crippen LogP contribution in [0.3, 0.4) is 0 Å². The summed E-state index contributed by atoms with van der Waals surface area (Å²) in [5.41, 5.74) is 1.03. The summed E-state index contributed by atoms with van der Waals surface area (Å²) in [4.78, 5) is 0. The number of rotatable bonds is 4.